The van der Waals surface area contributed by atoms with Crippen LogP contribution >= 0.6 is 15.9 Å². The van der Waals surface area contributed by atoms with Gasteiger partial charge in [-0.1, -0.05) is 77.5 Å². The van der Waals surface area contributed by atoms with E-state index in [-0.39, 0.29) is 23.9 Å². The quantitative estimate of drug-likeness (QED) is 0.201. The van der Waals surface area contributed by atoms with Crippen molar-refractivity contribution in [1.29, 1.82) is 0 Å². The summed E-state index contributed by atoms with van der Waals surface area (Å²) in [7, 11) is -3.83. The second-order valence-corrected chi connectivity index (χ2v) is 17.5. The summed E-state index contributed by atoms with van der Waals surface area (Å²) in [5.41, 5.74) is 3.70. The Morgan fingerprint density at radius 3 is 2.00 bits per heavy atom. The van der Waals surface area contributed by atoms with Gasteiger partial charge in [-0.2, -0.15) is 0 Å². The molecule has 1 N–H and O–H groups in total. The van der Waals surface area contributed by atoms with E-state index in [1.807, 2.05) is 80.6 Å². The fraction of sp³-hybridized carbons (Fsp3) is 0.487. The summed E-state index contributed by atoms with van der Waals surface area (Å²) < 4.78 is 28.8. The van der Waals surface area contributed by atoms with Crippen LogP contribution in [0.3, 0.4) is 0 Å². The van der Waals surface area contributed by atoms with E-state index < -0.39 is 28.5 Å². The van der Waals surface area contributed by atoms with Gasteiger partial charge in [-0.3, -0.25) is 13.9 Å². The van der Waals surface area contributed by atoms with Crippen molar-refractivity contribution in [1.82, 2.24) is 10.2 Å². The maximum absolute atomic E-state index is 14.5. The molecule has 0 spiro atoms. The number of carbonyl (C=O) groups excluding carboxylic acids is 2. The van der Waals surface area contributed by atoms with E-state index in [9.17, 15) is 18.0 Å². The lowest BCUT2D eigenvalue weighted by atomic mass is 9.48. The largest absolute Gasteiger partial charge is 0.352 e. The van der Waals surface area contributed by atoms with Crippen LogP contribution in [-0.4, -0.2) is 50.0 Å². The Bertz CT molecular complexity index is 1660. The third kappa shape index (κ3) is 7.83. The fourth-order valence-corrected chi connectivity index (χ4v) is 9.95. The summed E-state index contributed by atoms with van der Waals surface area (Å²) in [5.74, 6) is 1.72. The van der Waals surface area contributed by atoms with Crippen molar-refractivity contribution >= 4 is 43.5 Å². The van der Waals surface area contributed by atoms with E-state index in [0.717, 1.165) is 46.0 Å². The van der Waals surface area contributed by atoms with E-state index in [0.29, 0.717) is 12.1 Å². The van der Waals surface area contributed by atoms with Crippen molar-refractivity contribution in [3.05, 3.63) is 100 Å². The molecule has 7 nitrogen and oxygen atoms in total. The Hall–Kier alpha value is -3.17. The number of benzene rings is 3. The lowest BCUT2D eigenvalue weighted by molar-refractivity contribution is -0.140. The van der Waals surface area contributed by atoms with E-state index in [4.69, 9.17) is 0 Å². The summed E-state index contributed by atoms with van der Waals surface area (Å²) in [5, 5.41) is 3.08. The van der Waals surface area contributed by atoms with Crippen LogP contribution in [0.15, 0.2) is 83.3 Å². The number of hydrogen-bond donors (Lipinski definition) is 1. The van der Waals surface area contributed by atoms with Crippen LogP contribution in [-0.2, 0) is 38.0 Å². The smallest absolute Gasteiger partial charge is 0.244 e. The Kier molecular flexibility index (Phi) is 10.4. The van der Waals surface area contributed by atoms with Crippen LogP contribution < -0.4 is 9.62 Å². The number of hydrogen-bond acceptors (Lipinski definition) is 4. The molecule has 4 bridgehead atoms. The van der Waals surface area contributed by atoms with E-state index >= 15 is 0 Å². The van der Waals surface area contributed by atoms with Gasteiger partial charge in [0.1, 0.15) is 12.6 Å². The van der Waals surface area contributed by atoms with Crippen molar-refractivity contribution in [2.24, 2.45) is 17.8 Å². The molecule has 256 valence electrons. The molecule has 0 aromatic heterocycles. The number of anilines is 1. The number of carbonyl (C=O) groups is 2. The molecule has 2 atom stereocenters. The van der Waals surface area contributed by atoms with Crippen LogP contribution in [0.2, 0.25) is 0 Å². The van der Waals surface area contributed by atoms with Crippen molar-refractivity contribution in [3.8, 4) is 0 Å². The molecule has 0 heterocycles. The first-order chi connectivity index (χ1) is 22.9. The van der Waals surface area contributed by atoms with Gasteiger partial charge in [-0.25, -0.2) is 8.42 Å². The number of sulfonamides is 1. The monoisotopic (exact) mass is 733 g/mol. The topological polar surface area (TPSA) is 86.8 Å². The zero-order valence-corrected chi connectivity index (χ0v) is 30.7. The number of nitrogens with zero attached hydrogens (tertiary/aromatic N) is 2. The van der Waals surface area contributed by atoms with Gasteiger partial charge < -0.3 is 10.2 Å². The van der Waals surface area contributed by atoms with Crippen molar-refractivity contribution in [3.63, 3.8) is 0 Å². The van der Waals surface area contributed by atoms with Crippen LogP contribution in [0.1, 0.15) is 75.5 Å². The van der Waals surface area contributed by atoms with Gasteiger partial charge >= 0.3 is 0 Å². The van der Waals surface area contributed by atoms with Gasteiger partial charge in [-0.15, -0.1) is 0 Å². The lowest BCUT2D eigenvalue weighted by Crippen LogP contribution is -2.54. The number of rotatable bonds is 13. The predicted molar refractivity (Wildman–Crippen MR) is 195 cm³/mol. The highest BCUT2D eigenvalue weighted by molar-refractivity contribution is 9.10. The van der Waals surface area contributed by atoms with Gasteiger partial charge in [0.05, 0.1) is 11.9 Å². The van der Waals surface area contributed by atoms with E-state index in [1.54, 1.807) is 4.90 Å². The molecular formula is C39H48BrN3O4S. The number of nitrogens with one attached hydrogen (secondary N) is 1. The SMILES string of the molecule is CC[C@@H](C)NC(=O)[C@@H](Cc1ccccc1)N(Cc1ccc(Br)cc1)C(=O)CN(c1ccc(C23CC4CC(CC(C4)C2)C3)cc1)S(C)(=O)=O. The molecular weight excluding hydrogens is 686 g/mol. The van der Waals surface area contributed by atoms with Gasteiger partial charge in [0.2, 0.25) is 21.8 Å². The number of amides is 2. The normalized spacial score (nSPS) is 24.1. The summed E-state index contributed by atoms with van der Waals surface area (Å²) in [4.78, 5) is 29.9. The molecule has 4 aliphatic carbocycles. The summed E-state index contributed by atoms with van der Waals surface area (Å²) in [6, 6.07) is 24.3. The predicted octanol–water partition coefficient (Wildman–Crippen LogP) is 7.24. The fourth-order valence-electron chi connectivity index (χ4n) is 8.84. The van der Waals surface area contributed by atoms with E-state index in [1.165, 1.54) is 48.4 Å². The third-order valence-corrected chi connectivity index (χ3v) is 12.7. The number of halogens is 1. The van der Waals surface area contributed by atoms with Gasteiger partial charge in [0.15, 0.2) is 0 Å². The average Bonchev–Trinajstić information content (AvgIpc) is 3.05. The highest BCUT2D eigenvalue weighted by Crippen LogP contribution is 2.60. The van der Waals surface area contributed by atoms with Crippen molar-refractivity contribution < 1.29 is 18.0 Å². The molecule has 0 unspecified atom stereocenters. The van der Waals surface area contributed by atoms with Crippen LogP contribution in [0.25, 0.3) is 0 Å². The molecule has 4 aliphatic rings. The highest BCUT2D eigenvalue weighted by atomic mass is 79.9. The molecule has 2 amide bonds. The molecule has 4 saturated carbocycles. The molecule has 4 fully saturated rings. The van der Waals surface area contributed by atoms with Crippen molar-refractivity contribution in [2.75, 3.05) is 17.1 Å². The van der Waals surface area contributed by atoms with Gasteiger partial charge in [0, 0.05) is 23.5 Å². The minimum Gasteiger partial charge on any atom is -0.352 e. The van der Waals surface area contributed by atoms with E-state index in [2.05, 4.69) is 33.4 Å². The van der Waals surface area contributed by atoms with Crippen LogP contribution in [0, 0.1) is 17.8 Å². The van der Waals surface area contributed by atoms with Gasteiger partial charge in [0.25, 0.3) is 0 Å². The summed E-state index contributed by atoms with van der Waals surface area (Å²) in [6.45, 7) is 3.69. The molecule has 3 aromatic carbocycles. The first kappa shape index (κ1) is 34.7. The highest BCUT2D eigenvalue weighted by Gasteiger charge is 2.51. The first-order valence-electron chi connectivity index (χ1n) is 17.4. The van der Waals surface area contributed by atoms with Crippen LogP contribution in [0.4, 0.5) is 5.69 Å². The Morgan fingerprint density at radius 2 is 1.46 bits per heavy atom. The first-order valence-corrected chi connectivity index (χ1v) is 20.0. The maximum Gasteiger partial charge on any atom is 0.244 e. The zero-order valence-electron chi connectivity index (χ0n) is 28.3. The summed E-state index contributed by atoms with van der Waals surface area (Å²) >= 11 is 3.48. The Labute approximate surface area is 294 Å². The van der Waals surface area contributed by atoms with Gasteiger partial charge in [-0.05, 0) is 116 Å². The standard InChI is InChI=1S/C39H48BrN3O4S/c1-4-27(2)41-38(45)36(21-28-8-6-5-7-9-28)42(25-29-10-14-34(40)15-11-29)37(44)26-43(48(3,46)47)35-16-12-33(13-17-35)39-22-30-18-31(23-39)20-32(19-30)24-39/h5-17,27,30-32,36H,4,18-26H2,1-3H3,(H,41,45)/t27-,30?,31?,32?,36-,39?/m1/s1. The third-order valence-electron chi connectivity index (χ3n) is 11.0. The Morgan fingerprint density at radius 1 is 0.875 bits per heavy atom. The molecule has 9 heteroatoms. The zero-order chi connectivity index (χ0) is 34.1. The second kappa shape index (κ2) is 14.4. The molecule has 48 heavy (non-hydrogen) atoms. The lowest BCUT2D eigenvalue weighted by Gasteiger charge is -2.57. The molecule has 3 aromatic rings. The molecule has 0 aliphatic heterocycles. The Balaban J connectivity index is 1.30. The minimum absolute atomic E-state index is 0.0830. The molecule has 0 radical (unpaired) electrons. The second-order valence-electron chi connectivity index (χ2n) is 14.7. The summed E-state index contributed by atoms with van der Waals surface area (Å²) in [6.07, 6.45) is 9.92. The maximum atomic E-state index is 14.5. The average molecular weight is 735 g/mol. The van der Waals surface area contributed by atoms with Crippen molar-refractivity contribution in [2.45, 2.75) is 89.3 Å². The minimum atomic E-state index is -3.83. The van der Waals surface area contributed by atoms with Crippen LogP contribution in [0.5, 0.6) is 0 Å². The molecule has 7 rings (SSSR count). The molecule has 0 saturated heterocycles.